The van der Waals surface area contributed by atoms with Gasteiger partial charge >= 0.3 is 0 Å². The Hall–Kier alpha value is -1.70. The van der Waals surface area contributed by atoms with E-state index in [1.165, 1.54) is 7.11 Å². The third-order valence-corrected chi connectivity index (χ3v) is 4.22. The van der Waals surface area contributed by atoms with Crippen LogP contribution in [0.4, 0.5) is 0 Å². The minimum absolute atomic E-state index is 0.0295. The molecule has 0 radical (unpaired) electrons. The van der Waals surface area contributed by atoms with Crippen LogP contribution in [0.3, 0.4) is 0 Å². The number of hydrogen-bond acceptors (Lipinski definition) is 3. The summed E-state index contributed by atoms with van der Waals surface area (Å²) in [5, 5.41) is 0.366. The highest BCUT2D eigenvalue weighted by Crippen LogP contribution is 2.33. The lowest BCUT2D eigenvalue weighted by Crippen LogP contribution is -2.15. The number of benzene rings is 2. The lowest BCUT2D eigenvalue weighted by Gasteiger charge is -2.17. The van der Waals surface area contributed by atoms with E-state index in [0.717, 1.165) is 5.56 Å². The molecule has 1 atom stereocenters. The second-order valence-electron chi connectivity index (χ2n) is 4.79. The van der Waals surface area contributed by atoms with Crippen LogP contribution in [-0.4, -0.2) is 19.1 Å². The molecular weight excluding hydrogens is 319 g/mol. The summed E-state index contributed by atoms with van der Waals surface area (Å²) in [7, 11) is 1.54. The smallest absolute Gasteiger partial charge is 0.175 e. The Bertz CT molecular complexity index is 658. The average Bonchev–Trinajstić information content (AvgIpc) is 2.55. The summed E-state index contributed by atoms with van der Waals surface area (Å²) in [5.41, 5.74) is 1.27. The fourth-order valence-corrected chi connectivity index (χ4v) is 3.03. The maximum absolute atomic E-state index is 13.0. The van der Waals surface area contributed by atoms with Crippen molar-refractivity contribution >= 4 is 25.8 Å². The van der Waals surface area contributed by atoms with Crippen LogP contribution >= 0.6 is 20.1 Å². The molecule has 5 heteroatoms. The number of hydrogen-bond donors (Lipinski definition) is 0. The summed E-state index contributed by atoms with van der Waals surface area (Å²) in [6.07, 6.45) is 0.903. The topological polar surface area (TPSA) is 43.4 Å². The van der Waals surface area contributed by atoms with Crippen LogP contribution in [0.15, 0.2) is 48.5 Å². The van der Waals surface area contributed by atoms with Gasteiger partial charge in [-0.2, -0.15) is 0 Å². The maximum atomic E-state index is 13.0. The summed E-state index contributed by atoms with van der Waals surface area (Å²) in [5.74, 6) is -0.0492. The van der Waals surface area contributed by atoms with Gasteiger partial charge in [0.2, 0.25) is 0 Å². The highest BCUT2D eigenvalue weighted by molar-refractivity contribution is 7.23. The number of carbonyl (C=O) groups is 1. The molecule has 0 aliphatic carbocycles. The molecule has 0 aliphatic heterocycles. The van der Waals surface area contributed by atoms with E-state index in [2.05, 4.69) is 0 Å². The Balaban J connectivity index is 2.44. The predicted molar refractivity (Wildman–Crippen MR) is 88.6 cm³/mol. The summed E-state index contributed by atoms with van der Waals surface area (Å²) >= 11 is 6.20. The van der Waals surface area contributed by atoms with Crippen molar-refractivity contribution < 1.29 is 14.1 Å². The van der Waals surface area contributed by atoms with Crippen molar-refractivity contribution in [1.82, 2.24) is 0 Å². The van der Waals surface area contributed by atoms with Gasteiger partial charge in [-0.25, -0.2) is 0 Å². The lowest BCUT2D eigenvalue weighted by atomic mass is 9.88. The van der Waals surface area contributed by atoms with Crippen molar-refractivity contribution in [2.45, 2.75) is 12.3 Å². The highest BCUT2D eigenvalue weighted by atomic mass is 35.5. The average molecular weight is 335 g/mol. The Morgan fingerprint density at radius 2 is 1.91 bits per heavy atom. The highest BCUT2D eigenvalue weighted by Gasteiger charge is 2.26. The first-order valence-electron chi connectivity index (χ1n) is 6.89. The first kappa shape index (κ1) is 16.7. The first-order valence-corrected chi connectivity index (χ1v) is 8.27. The van der Waals surface area contributed by atoms with Gasteiger partial charge in [0.05, 0.1) is 17.7 Å². The Labute approximate surface area is 136 Å². The quantitative estimate of drug-likeness (QED) is 0.529. The molecule has 2 aromatic carbocycles. The summed E-state index contributed by atoms with van der Waals surface area (Å²) in [6, 6.07) is 14.6. The predicted octanol–water partition coefficient (Wildman–Crippen LogP) is 5.00. The van der Waals surface area contributed by atoms with Gasteiger partial charge < -0.3 is 4.74 Å². The van der Waals surface area contributed by atoms with Crippen molar-refractivity contribution in [2.24, 2.45) is 0 Å². The molecule has 2 aromatic rings. The Morgan fingerprint density at radius 3 is 2.55 bits per heavy atom. The molecule has 1 unspecified atom stereocenters. The molecule has 3 nitrogen and oxygen atoms in total. The molecule has 0 aliphatic rings. The van der Waals surface area contributed by atoms with Crippen molar-refractivity contribution in [3.63, 3.8) is 0 Å². The zero-order valence-electron chi connectivity index (χ0n) is 12.2. The zero-order chi connectivity index (χ0) is 15.9. The van der Waals surface area contributed by atoms with Crippen molar-refractivity contribution in [1.29, 1.82) is 0 Å². The number of rotatable bonds is 7. The van der Waals surface area contributed by atoms with Gasteiger partial charge in [0.25, 0.3) is 0 Å². The third-order valence-electron chi connectivity index (χ3n) is 3.47. The number of Topliss-reactive ketones (excluding diaryl/α,β-unsaturated/α-hetero) is 1. The summed E-state index contributed by atoms with van der Waals surface area (Å²) in [4.78, 5) is 13.0. The summed E-state index contributed by atoms with van der Waals surface area (Å²) < 4.78 is 16.1. The SMILES string of the molecule is COc1cccc(Cl)c1C(=O)C(CCP=O)c1ccccc1. The van der Waals surface area contributed by atoms with Crippen molar-refractivity contribution in [3.8, 4) is 5.75 Å². The minimum Gasteiger partial charge on any atom is -0.496 e. The second-order valence-corrected chi connectivity index (χ2v) is 5.90. The van der Waals surface area contributed by atoms with Crippen LogP contribution < -0.4 is 4.74 Å². The molecule has 0 heterocycles. The second kappa shape index (κ2) is 8.07. The standard InChI is InChI=1S/C17H16ClO3P/c1-21-15-9-5-8-14(18)16(15)17(19)13(10-11-22-20)12-6-3-2-4-7-12/h2-9,13H,10-11H2,1H3. The number of halogens is 1. The maximum Gasteiger partial charge on any atom is 0.175 e. The fourth-order valence-electron chi connectivity index (χ4n) is 2.40. The van der Waals surface area contributed by atoms with Crippen molar-refractivity contribution in [3.05, 3.63) is 64.7 Å². The Kier molecular flexibility index (Phi) is 6.11. The molecule has 0 bridgehead atoms. The fraction of sp³-hybridized carbons (Fsp3) is 0.235. The van der Waals surface area contributed by atoms with Crippen LogP contribution in [0.1, 0.15) is 28.3 Å². The van der Waals surface area contributed by atoms with Gasteiger partial charge in [-0.1, -0.05) is 48.0 Å². The van der Waals surface area contributed by atoms with E-state index in [1.807, 2.05) is 30.3 Å². The van der Waals surface area contributed by atoms with E-state index < -0.39 is 5.92 Å². The van der Waals surface area contributed by atoms with Gasteiger partial charge in [0, 0.05) is 12.1 Å². The Morgan fingerprint density at radius 1 is 1.18 bits per heavy atom. The molecular formula is C17H16ClO3P. The van der Waals surface area contributed by atoms with Crippen molar-refractivity contribution in [2.75, 3.05) is 13.3 Å². The summed E-state index contributed by atoms with van der Waals surface area (Å²) in [6.45, 7) is 0. The molecule has 0 saturated heterocycles. The lowest BCUT2D eigenvalue weighted by molar-refractivity contribution is 0.0955. The van der Waals surface area contributed by atoms with E-state index in [1.54, 1.807) is 18.2 Å². The largest absolute Gasteiger partial charge is 0.496 e. The van der Waals surface area contributed by atoms with Gasteiger partial charge in [-0.05, 0) is 24.1 Å². The van der Waals surface area contributed by atoms with E-state index in [-0.39, 0.29) is 14.2 Å². The normalized spacial score (nSPS) is 12.1. The van der Waals surface area contributed by atoms with E-state index in [0.29, 0.717) is 28.9 Å². The molecule has 22 heavy (non-hydrogen) atoms. The molecule has 0 aromatic heterocycles. The molecule has 0 N–H and O–H groups in total. The van der Waals surface area contributed by atoms with E-state index in [4.69, 9.17) is 16.3 Å². The van der Waals surface area contributed by atoms with Crippen LogP contribution in [0.25, 0.3) is 0 Å². The molecule has 0 fully saturated rings. The van der Waals surface area contributed by atoms with Gasteiger partial charge in [-0.15, -0.1) is 0 Å². The van der Waals surface area contributed by atoms with Gasteiger partial charge in [0.1, 0.15) is 5.75 Å². The van der Waals surface area contributed by atoms with Gasteiger partial charge in [-0.3, -0.25) is 9.36 Å². The van der Waals surface area contributed by atoms with Gasteiger partial charge in [0.15, 0.2) is 14.2 Å². The molecule has 114 valence electrons. The molecule has 0 saturated carbocycles. The molecule has 2 rings (SSSR count). The first-order chi connectivity index (χ1) is 10.7. The minimum atomic E-state index is -0.392. The van der Waals surface area contributed by atoms with Crippen LogP contribution in [0.2, 0.25) is 5.02 Å². The van der Waals surface area contributed by atoms with Crippen LogP contribution in [0, 0.1) is 0 Å². The number of carbonyl (C=O) groups excluding carboxylic acids is 1. The molecule has 0 spiro atoms. The third kappa shape index (κ3) is 3.73. The number of ketones is 1. The van der Waals surface area contributed by atoms with Crippen LogP contribution in [-0.2, 0) is 4.57 Å². The molecule has 0 amide bonds. The van der Waals surface area contributed by atoms with Crippen LogP contribution in [0.5, 0.6) is 5.75 Å². The van der Waals surface area contributed by atoms with E-state index >= 15 is 0 Å². The monoisotopic (exact) mass is 334 g/mol. The van der Waals surface area contributed by atoms with E-state index in [9.17, 15) is 9.36 Å². The number of ether oxygens (including phenoxy) is 1. The number of methoxy groups -OCH3 is 1. The zero-order valence-corrected chi connectivity index (χ0v) is 13.8.